The summed E-state index contributed by atoms with van der Waals surface area (Å²) in [6.07, 6.45) is -0.200. The molecule has 1 rings (SSSR count). The number of hydrogen-bond donors (Lipinski definition) is 1. The highest BCUT2D eigenvalue weighted by Gasteiger charge is 2.22. The van der Waals surface area contributed by atoms with Gasteiger partial charge >= 0.3 is 6.09 Å². The van der Waals surface area contributed by atoms with E-state index in [9.17, 15) is 4.79 Å². The summed E-state index contributed by atoms with van der Waals surface area (Å²) in [4.78, 5) is 13.2. The molecule has 0 aromatic rings. The van der Waals surface area contributed by atoms with Crippen LogP contribution in [0.5, 0.6) is 0 Å². The summed E-state index contributed by atoms with van der Waals surface area (Å²) in [5, 5.41) is 3.18. The summed E-state index contributed by atoms with van der Waals surface area (Å²) in [6, 6.07) is 0. The van der Waals surface area contributed by atoms with Crippen LogP contribution < -0.4 is 5.32 Å². The summed E-state index contributed by atoms with van der Waals surface area (Å²) >= 11 is 0. The largest absolute Gasteiger partial charge is 0.444 e. The molecule has 4 heteroatoms. The van der Waals surface area contributed by atoms with E-state index in [1.54, 1.807) is 4.90 Å². The van der Waals surface area contributed by atoms with Crippen LogP contribution in [0.15, 0.2) is 13.2 Å². The summed E-state index contributed by atoms with van der Waals surface area (Å²) in [6.45, 7) is 14.9. The van der Waals surface area contributed by atoms with Crippen molar-refractivity contribution in [1.82, 2.24) is 10.2 Å². The quantitative estimate of drug-likeness (QED) is 0.623. The Morgan fingerprint density at radius 1 is 1.27 bits per heavy atom. The fourth-order valence-electron chi connectivity index (χ4n) is 1.17. The van der Waals surface area contributed by atoms with Gasteiger partial charge < -0.3 is 15.0 Å². The smallest absolute Gasteiger partial charge is 0.410 e. The first-order valence-corrected chi connectivity index (χ1v) is 5.18. The van der Waals surface area contributed by atoms with Gasteiger partial charge in [-0.2, -0.15) is 0 Å². The lowest BCUT2D eigenvalue weighted by Crippen LogP contribution is -2.48. The van der Waals surface area contributed by atoms with Gasteiger partial charge in [0.15, 0.2) is 0 Å². The van der Waals surface area contributed by atoms with Crippen molar-refractivity contribution in [3.8, 4) is 0 Å². The Hall–Kier alpha value is -1.03. The Morgan fingerprint density at radius 2 is 1.73 bits per heavy atom. The lowest BCUT2D eigenvalue weighted by Gasteiger charge is -2.30. The first-order chi connectivity index (χ1) is 6.99. The van der Waals surface area contributed by atoms with Crippen LogP contribution in [-0.2, 0) is 4.74 Å². The van der Waals surface area contributed by atoms with Crippen molar-refractivity contribution in [3.05, 3.63) is 13.2 Å². The Morgan fingerprint density at radius 3 is 2.13 bits per heavy atom. The van der Waals surface area contributed by atoms with Crippen LogP contribution in [-0.4, -0.2) is 42.8 Å². The number of ether oxygens (including phenoxy) is 1. The molecule has 1 heterocycles. The molecule has 1 aliphatic rings. The van der Waals surface area contributed by atoms with Crippen molar-refractivity contribution in [2.24, 2.45) is 0 Å². The number of carbonyl (C=O) groups is 1. The maximum absolute atomic E-state index is 11.5. The molecule has 0 aromatic carbocycles. The highest BCUT2D eigenvalue weighted by Crippen LogP contribution is 2.09. The SMILES string of the molecule is C=C.CC(C)(C)OC(=O)N1CCNCC1. The van der Waals surface area contributed by atoms with Crippen molar-refractivity contribution in [2.75, 3.05) is 26.2 Å². The molecule has 0 unspecified atom stereocenters. The highest BCUT2D eigenvalue weighted by atomic mass is 16.6. The maximum Gasteiger partial charge on any atom is 0.410 e. The molecule has 1 amide bonds. The van der Waals surface area contributed by atoms with Crippen LogP contribution in [0.1, 0.15) is 20.8 Å². The lowest BCUT2D eigenvalue weighted by molar-refractivity contribution is 0.0229. The minimum Gasteiger partial charge on any atom is -0.444 e. The summed E-state index contributed by atoms with van der Waals surface area (Å²) < 4.78 is 5.24. The number of rotatable bonds is 0. The average molecular weight is 214 g/mol. The summed E-state index contributed by atoms with van der Waals surface area (Å²) in [5.74, 6) is 0. The Kier molecular flexibility index (Phi) is 6.01. The summed E-state index contributed by atoms with van der Waals surface area (Å²) in [7, 11) is 0. The van der Waals surface area contributed by atoms with Crippen molar-refractivity contribution in [3.63, 3.8) is 0 Å². The number of nitrogens with zero attached hydrogens (tertiary/aromatic N) is 1. The molecule has 0 aromatic heterocycles. The number of piperazine rings is 1. The Balaban J connectivity index is 0.000000921. The van der Waals surface area contributed by atoms with Gasteiger partial charge in [-0.1, -0.05) is 0 Å². The molecule has 1 fully saturated rings. The highest BCUT2D eigenvalue weighted by molar-refractivity contribution is 5.68. The number of nitrogens with one attached hydrogen (secondary N) is 1. The standard InChI is InChI=1S/C9H18N2O2.C2H4/c1-9(2,3)13-8(12)11-6-4-10-5-7-11;1-2/h10H,4-7H2,1-3H3;1-2H2. The molecule has 0 saturated carbocycles. The first kappa shape index (κ1) is 14.0. The van der Waals surface area contributed by atoms with Crippen LogP contribution in [0.25, 0.3) is 0 Å². The molecule has 1 aliphatic heterocycles. The Bertz CT molecular complexity index is 193. The topological polar surface area (TPSA) is 41.6 Å². The Labute approximate surface area is 92.3 Å². The monoisotopic (exact) mass is 214 g/mol. The van der Waals surface area contributed by atoms with Crippen molar-refractivity contribution in [2.45, 2.75) is 26.4 Å². The molecule has 4 nitrogen and oxygen atoms in total. The van der Waals surface area contributed by atoms with Crippen LogP contribution in [0, 0.1) is 0 Å². The van der Waals surface area contributed by atoms with E-state index >= 15 is 0 Å². The molecular formula is C11H22N2O2. The average Bonchev–Trinajstić information content (AvgIpc) is 2.20. The van der Waals surface area contributed by atoms with E-state index in [1.165, 1.54) is 0 Å². The van der Waals surface area contributed by atoms with E-state index in [-0.39, 0.29) is 11.7 Å². The number of carbonyl (C=O) groups excluding carboxylic acids is 1. The number of amides is 1. The van der Waals surface area contributed by atoms with Gasteiger partial charge in [0.25, 0.3) is 0 Å². The van der Waals surface area contributed by atoms with E-state index in [0.717, 1.165) is 26.2 Å². The van der Waals surface area contributed by atoms with Crippen molar-refractivity contribution in [1.29, 1.82) is 0 Å². The van der Waals surface area contributed by atoms with E-state index in [2.05, 4.69) is 18.5 Å². The van der Waals surface area contributed by atoms with Gasteiger partial charge in [0.1, 0.15) is 5.60 Å². The van der Waals surface area contributed by atoms with Gasteiger partial charge in [0.2, 0.25) is 0 Å². The summed E-state index contributed by atoms with van der Waals surface area (Å²) in [5.41, 5.74) is -0.387. The molecular weight excluding hydrogens is 192 g/mol. The predicted molar refractivity (Wildman–Crippen MR) is 61.9 cm³/mol. The molecule has 15 heavy (non-hydrogen) atoms. The third-order valence-electron chi connectivity index (χ3n) is 1.77. The molecule has 0 atom stereocenters. The third kappa shape index (κ3) is 6.12. The van der Waals surface area contributed by atoms with Crippen LogP contribution in [0.4, 0.5) is 4.79 Å². The van der Waals surface area contributed by atoms with Gasteiger partial charge in [0.05, 0.1) is 0 Å². The van der Waals surface area contributed by atoms with Gasteiger partial charge in [0, 0.05) is 26.2 Å². The van der Waals surface area contributed by atoms with E-state index in [4.69, 9.17) is 4.74 Å². The third-order valence-corrected chi connectivity index (χ3v) is 1.77. The van der Waals surface area contributed by atoms with Crippen LogP contribution >= 0.6 is 0 Å². The van der Waals surface area contributed by atoms with Gasteiger partial charge in [-0.15, -0.1) is 13.2 Å². The second-order valence-corrected chi connectivity index (χ2v) is 4.22. The molecule has 88 valence electrons. The molecule has 1 saturated heterocycles. The molecule has 0 spiro atoms. The van der Waals surface area contributed by atoms with Crippen LogP contribution in [0.2, 0.25) is 0 Å². The van der Waals surface area contributed by atoms with Crippen molar-refractivity contribution >= 4 is 6.09 Å². The minimum atomic E-state index is -0.387. The fraction of sp³-hybridized carbons (Fsp3) is 0.727. The zero-order chi connectivity index (χ0) is 11.9. The van der Waals surface area contributed by atoms with Gasteiger partial charge in [-0.3, -0.25) is 0 Å². The van der Waals surface area contributed by atoms with E-state index < -0.39 is 0 Å². The second-order valence-electron chi connectivity index (χ2n) is 4.22. The van der Waals surface area contributed by atoms with E-state index in [1.807, 2.05) is 20.8 Å². The normalized spacial score (nSPS) is 16.3. The molecule has 1 N–H and O–H groups in total. The van der Waals surface area contributed by atoms with Gasteiger partial charge in [-0.25, -0.2) is 4.79 Å². The minimum absolute atomic E-state index is 0.200. The van der Waals surface area contributed by atoms with Crippen LogP contribution in [0.3, 0.4) is 0 Å². The molecule has 0 aliphatic carbocycles. The number of hydrogen-bond acceptors (Lipinski definition) is 3. The lowest BCUT2D eigenvalue weighted by atomic mass is 10.2. The first-order valence-electron chi connectivity index (χ1n) is 5.18. The van der Waals surface area contributed by atoms with Crippen molar-refractivity contribution < 1.29 is 9.53 Å². The maximum atomic E-state index is 11.5. The zero-order valence-electron chi connectivity index (χ0n) is 10.0. The van der Waals surface area contributed by atoms with E-state index in [0.29, 0.717) is 0 Å². The van der Waals surface area contributed by atoms with Gasteiger partial charge in [-0.05, 0) is 20.8 Å². The second kappa shape index (κ2) is 6.45. The predicted octanol–water partition coefficient (Wildman–Crippen LogP) is 1.63. The molecule has 0 bridgehead atoms. The fourth-order valence-corrected chi connectivity index (χ4v) is 1.17. The zero-order valence-corrected chi connectivity index (χ0v) is 10.0. The molecule has 0 radical (unpaired) electrons.